The van der Waals surface area contributed by atoms with Crippen LogP contribution in [0.15, 0.2) is 59.1 Å². The molecule has 21 heavy (non-hydrogen) atoms. The third-order valence-electron chi connectivity index (χ3n) is 3.56. The van der Waals surface area contributed by atoms with Gasteiger partial charge in [-0.1, -0.05) is 36.4 Å². The van der Waals surface area contributed by atoms with Crippen molar-refractivity contribution >= 4 is 32.5 Å². The normalized spacial score (nSPS) is 10.8. The molecule has 0 amide bonds. The Kier molecular flexibility index (Phi) is 3.60. The lowest BCUT2D eigenvalue weighted by Crippen LogP contribution is -2.04. The molecule has 0 aliphatic carbocycles. The second kappa shape index (κ2) is 5.41. The van der Waals surface area contributed by atoms with E-state index in [1.807, 2.05) is 43.3 Å². The van der Waals surface area contributed by atoms with Crippen molar-refractivity contribution in [1.29, 1.82) is 0 Å². The van der Waals surface area contributed by atoms with Crippen molar-refractivity contribution in [1.82, 2.24) is 0 Å². The van der Waals surface area contributed by atoms with Gasteiger partial charge in [-0.3, -0.25) is 4.79 Å². The molecule has 104 valence electrons. The summed E-state index contributed by atoms with van der Waals surface area (Å²) in [4.78, 5) is 12.8. The predicted octanol–water partition coefficient (Wildman–Crippen LogP) is 5.28. The quantitative estimate of drug-likeness (QED) is 0.579. The third-order valence-corrected chi connectivity index (χ3v) is 4.22. The molecule has 0 N–H and O–H groups in total. The SMILES string of the molecule is Cc1ccc(C(=O)c2ccc(F)cc2Br)c2ccccc12. The predicted molar refractivity (Wildman–Crippen MR) is 86.2 cm³/mol. The van der Waals surface area contributed by atoms with Crippen LogP contribution in [0.4, 0.5) is 4.39 Å². The zero-order chi connectivity index (χ0) is 15.0. The molecule has 0 saturated carbocycles. The van der Waals surface area contributed by atoms with E-state index in [0.717, 1.165) is 16.3 Å². The van der Waals surface area contributed by atoms with Crippen molar-refractivity contribution < 1.29 is 9.18 Å². The van der Waals surface area contributed by atoms with Crippen LogP contribution in [0.25, 0.3) is 10.8 Å². The van der Waals surface area contributed by atoms with Crippen molar-refractivity contribution in [3.05, 3.63) is 81.6 Å². The molecule has 0 aliphatic rings. The van der Waals surface area contributed by atoms with Crippen LogP contribution >= 0.6 is 15.9 Å². The summed E-state index contributed by atoms with van der Waals surface area (Å²) in [6.07, 6.45) is 0. The van der Waals surface area contributed by atoms with Gasteiger partial charge in [0.15, 0.2) is 5.78 Å². The summed E-state index contributed by atoms with van der Waals surface area (Å²) >= 11 is 3.26. The molecule has 3 heteroatoms. The van der Waals surface area contributed by atoms with Crippen LogP contribution < -0.4 is 0 Å². The Morgan fingerprint density at radius 3 is 2.33 bits per heavy atom. The number of carbonyl (C=O) groups excluding carboxylic acids is 1. The van der Waals surface area contributed by atoms with Crippen molar-refractivity contribution in [3.63, 3.8) is 0 Å². The number of fused-ring (bicyclic) bond motifs is 1. The van der Waals surface area contributed by atoms with Gasteiger partial charge in [0.05, 0.1) is 0 Å². The molecule has 0 aromatic heterocycles. The Morgan fingerprint density at radius 1 is 0.952 bits per heavy atom. The molecule has 0 bridgehead atoms. The Bertz CT molecular complexity index is 855. The fraction of sp³-hybridized carbons (Fsp3) is 0.0556. The van der Waals surface area contributed by atoms with Crippen LogP contribution in [-0.2, 0) is 0 Å². The Balaban J connectivity index is 2.21. The minimum Gasteiger partial charge on any atom is -0.289 e. The zero-order valence-electron chi connectivity index (χ0n) is 11.4. The topological polar surface area (TPSA) is 17.1 Å². The Morgan fingerprint density at radius 2 is 1.62 bits per heavy atom. The average Bonchev–Trinajstić information content (AvgIpc) is 2.47. The third kappa shape index (κ3) is 2.49. The van der Waals surface area contributed by atoms with Gasteiger partial charge >= 0.3 is 0 Å². The monoisotopic (exact) mass is 342 g/mol. The smallest absolute Gasteiger partial charge is 0.194 e. The molecule has 0 aliphatic heterocycles. The lowest BCUT2D eigenvalue weighted by atomic mass is 9.95. The molecule has 3 aromatic carbocycles. The summed E-state index contributed by atoms with van der Waals surface area (Å²) in [6.45, 7) is 2.02. The second-order valence-electron chi connectivity index (χ2n) is 4.93. The zero-order valence-corrected chi connectivity index (χ0v) is 12.9. The van der Waals surface area contributed by atoms with E-state index in [2.05, 4.69) is 15.9 Å². The summed E-state index contributed by atoms with van der Waals surface area (Å²) in [6, 6.07) is 15.7. The standard InChI is InChI=1S/C18H12BrFO/c1-11-6-8-15(14-5-3-2-4-13(11)14)18(21)16-9-7-12(20)10-17(16)19/h2-10H,1H3. The van der Waals surface area contributed by atoms with Crippen LogP contribution in [0.3, 0.4) is 0 Å². The van der Waals surface area contributed by atoms with Crippen LogP contribution in [0, 0.1) is 12.7 Å². The lowest BCUT2D eigenvalue weighted by Gasteiger charge is -2.09. The largest absolute Gasteiger partial charge is 0.289 e. The summed E-state index contributed by atoms with van der Waals surface area (Å²) in [5.74, 6) is -0.481. The molecule has 0 radical (unpaired) electrons. The van der Waals surface area contributed by atoms with Gasteiger partial charge in [0, 0.05) is 15.6 Å². The highest BCUT2D eigenvalue weighted by Crippen LogP contribution is 2.27. The first-order chi connectivity index (χ1) is 10.1. The van der Waals surface area contributed by atoms with Crippen LogP contribution in [-0.4, -0.2) is 5.78 Å². The van der Waals surface area contributed by atoms with Gasteiger partial charge in [-0.05, 0) is 57.4 Å². The summed E-state index contributed by atoms with van der Waals surface area (Å²) in [5, 5.41) is 1.97. The first-order valence-corrected chi connectivity index (χ1v) is 7.35. The van der Waals surface area contributed by atoms with Crippen molar-refractivity contribution in [2.45, 2.75) is 6.92 Å². The molecule has 0 unspecified atom stereocenters. The number of carbonyl (C=O) groups is 1. The molecule has 0 spiro atoms. The highest BCUT2D eigenvalue weighted by atomic mass is 79.9. The van der Waals surface area contributed by atoms with Gasteiger partial charge in [-0.25, -0.2) is 4.39 Å². The summed E-state index contributed by atoms with van der Waals surface area (Å²) in [7, 11) is 0. The van der Waals surface area contributed by atoms with Crippen molar-refractivity contribution in [2.24, 2.45) is 0 Å². The maximum Gasteiger partial charge on any atom is 0.194 e. The number of ketones is 1. The number of aryl methyl sites for hydroxylation is 1. The van der Waals surface area contributed by atoms with Gasteiger partial charge in [0.1, 0.15) is 5.82 Å². The molecular formula is C18H12BrFO. The maximum absolute atomic E-state index is 13.2. The lowest BCUT2D eigenvalue weighted by molar-refractivity contribution is 0.103. The van der Waals surface area contributed by atoms with Crippen LogP contribution in [0.1, 0.15) is 21.5 Å². The number of hydrogen-bond donors (Lipinski definition) is 0. The molecule has 3 aromatic rings. The van der Waals surface area contributed by atoms with E-state index >= 15 is 0 Å². The van der Waals surface area contributed by atoms with Crippen LogP contribution in [0.2, 0.25) is 0 Å². The van der Waals surface area contributed by atoms with E-state index in [9.17, 15) is 9.18 Å². The second-order valence-corrected chi connectivity index (χ2v) is 5.78. The van der Waals surface area contributed by atoms with Crippen molar-refractivity contribution in [3.8, 4) is 0 Å². The molecule has 0 atom stereocenters. The first kappa shape index (κ1) is 14.0. The van der Waals surface area contributed by atoms with Crippen molar-refractivity contribution in [2.75, 3.05) is 0 Å². The summed E-state index contributed by atoms with van der Waals surface area (Å²) < 4.78 is 13.6. The molecule has 0 heterocycles. The molecule has 0 fully saturated rings. The number of hydrogen-bond acceptors (Lipinski definition) is 1. The van der Waals surface area contributed by atoms with Gasteiger partial charge in [-0.15, -0.1) is 0 Å². The van der Waals surface area contributed by atoms with Gasteiger partial charge in [-0.2, -0.15) is 0 Å². The number of benzene rings is 3. The number of halogens is 2. The molecular weight excluding hydrogens is 331 g/mol. The van der Waals surface area contributed by atoms with E-state index < -0.39 is 0 Å². The number of rotatable bonds is 2. The van der Waals surface area contributed by atoms with E-state index in [1.54, 1.807) is 0 Å². The van der Waals surface area contributed by atoms with Gasteiger partial charge < -0.3 is 0 Å². The highest BCUT2D eigenvalue weighted by molar-refractivity contribution is 9.10. The Labute approximate surface area is 130 Å². The fourth-order valence-electron chi connectivity index (χ4n) is 2.47. The molecule has 0 saturated heterocycles. The van der Waals surface area contributed by atoms with Gasteiger partial charge in [0.25, 0.3) is 0 Å². The highest BCUT2D eigenvalue weighted by Gasteiger charge is 2.16. The minimum atomic E-state index is -0.368. The average molecular weight is 343 g/mol. The molecule has 3 rings (SSSR count). The van der Waals surface area contributed by atoms with E-state index in [0.29, 0.717) is 15.6 Å². The van der Waals surface area contributed by atoms with E-state index in [-0.39, 0.29) is 11.6 Å². The minimum absolute atomic E-state index is 0.113. The summed E-state index contributed by atoms with van der Waals surface area (Å²) in [5.41, 5.74) is 2.22. The van der Waals surface area contributed by atoms with E-state index in [4.69, 9.17) is 0 Å². The fourth-order valence-corrected chi connectivity index (χ4v) is 3.00. The first-order valence-electron chi connectivity index (χ1n) is 6.56. The molecule has 1 nitrogen and oxygen atoms in total. The van der Waals surface area contributed by atoms with Gasteiger partial charge in [0.2, 0.25) is 0 Å². The van der Waals surface area contributed by atoms with E-state index in [1.165, 1.54) is 18.2 Å². The van der Waals surface area contributed by atoms with Crippen LogP contribution in [0.5, 0.6) is 0 Å². The maximum atomic E-state index is 13.2. The Hall–Kier alpha value is -2.00.